The first-order chi connectivity index (χ1) is 17.3. The second kappa shape index (κ2) is 12.1. The third kappa shape index (κ3) is 7.43. The van der Waals surface area contributed by atoms with Gasteiger partial charge in [-0.15, -0.1) is 13.2 Å². The fourth-order valence-corrected chi connectivity index (χ4v) is 4.57. The van der Waals surface area contributed by atoms with Crippen LogP contribution in [0.1, 0.15) is 49.3 Å². The van der Waals surface area contributed by atoms with Gasteiger partial charge in [0.05, 0.1) is 13.2 Å². The number of fused-ring (bicyclic) bond motifs is 1. The zero-order chi connectivity index (χ0) is 25.5. The van der Waals surface area contributed by atoms with Crippen LogP contribution in [0.5, 0.6) is 5.75 Å². The first kappa shape index (κ1) is 26.4. The van der Waals surface area contributed by atoms with Crippen molar-refractivity contribution in [1.29, 1.82) is 0 Å². The second-order valence-corrected chi connectivity index (χ2v) is 9.43. The molecule has 1 heterocycles. The Balaban J connectivity index is 1.31. The van der Waals surface area contributed by atoms with Crippen LogP contribution in [0.2, 0.25) is 0 Å². The Labute approximate surface area is 209 Å². The van der Waals surface area contributed by atoms with Gasteiger partial charge in [0.2, 0.25) is 0 Å². The normalized spacial score (nSPS) is 18.5. The fraction of sp³-hybridized carbons (Fsp3) is 0.448. The molecule has 3 aromatic rings. The maximum Gasteiger partial charge on any atom is 0.573 e. The molecule has 1 saturated heterocycles. The molecule has 7 heteroatoms. The van der Waals surface area contributed by atoms with E-state index in [9.17, 15) is 13.2 Å². The standard InChI is InChI=1S/C29H32F4O3/c1-2-3-4-22-18-34-27(35-19-22)16-9-21-8-15-26-24(17-21)12-11-23(28(26)30)10-5-20-6-13-25(14-7-20)36-29(31,32)33/h6-8,11-15,17,22,27H,2-5,9-10,16,18-19H2,1H3. The Morgan fingerprint density at radius 2 is 1.58 bits per heavy atom. The van der Waals surface area contributed by atoms with Crippen molar-refractivity contribution in [2.45, 2.75) is 64.5 Å². The zero-order valence-electron chi connectivity index (χ0n) is 20.5. The van der Waals surface area contributed by atoms with Crippen LogP contribution in [-0.2, 0) is 28.7 Å². The number of ether oxygens (including phenoxy) is 3. The Morgan fingerprint density at radius 3 is 2.28 bits per heavy atom. The average molecular weight is 505 g/mol. The monoisotopic (exact) mass is 504 g/mol. The van der Waals surface area contributed by atoms with Crippen LogP contribution >= 0.6 is 0 Å². The Morgan fingerprint density at radius 1 is 0.861 bits per heavy atom. The van der Waals surface area contributed by atoms with Gasteiger partial charge < -0.3 is 14.2 Å². The fourth-order valence-electron chi connectivity index (χ4n) is 4.57. The van der Waals surface area contributed by atoms with Gasteiger partial charge in [0, 0.05) is 17.7 Å². The third-order valence-corrected chi connectivity index (χ3v) is 6.61. The van der Waals surface area contributed by atoms with E-state index in [-0.39, 0.29) is 17.9 Å². The molecule has 0 N–H and O–H groups in total. The average Bonchev–Trinajstić information content (AvgIpc) is 2.86. The minimum atomic E-state index is -4.72. The van der Waals surface area contributed by atoms with E-state index in [1.807, 2.05) is 24.3 Å². The Kier molecular flexibility index (Phi) is 8.86. The van der Waals surface area contributed by atoms with Crippen molar-refractivity contribution in [2.75, 3.05) is 13.2 Å². The molecule has 0 amide bonds. The summed E-state index contributed by atoms with van der Waals surface area (Å²) in [6.07, 6.45) is 1.12. The van der Waals surface area contributed by atoms with Crippen LogP contribution in [0.3, 0.4) is 0 Å². The van der Waals surface area contributed by atoms with E-state index in [2.05, 4.69) is 11.7 Å². The molecule has 36 heavy (non-hydrogen) atoms. The van der Waals surface area contributed by atoms with Gasteiger partial charge in [-0.1, -0.05) is 62.2 Å². The van der Waals surface area contributed by atoms with E-state index in [1.165, 1.54) is 25.0 Å². The number of aryl methyl sites for hydroxylation is 3. The van der Waals surface area contributed by atoms with Crippen LogP contribution in [0.25, 0.3) is 10.8 Å². The third-order valence-electron chi connectivity index (χ3n) is 6.61. The van der Waals surface area contributed by atoms with Crippen molar-refractivity contribution >= 4 is 10.8 Å². The van der Waals surface area contributed by atoms with E-state index in [0.717, 1.165) is 49.0 Å². The predicted octanol–water partition coefficient (Wildman–Crippen LogP) is 7.77. The first-order valence-electron chi connectivity index (χ1n) is 12.6. The highest BCUT2D eigenvalue weighted by atomic mass is 19.4. The van der Waals surface area contributed by atoms with Crippen LogP contribution in [-0.4, -0.2) is 25.9 Å². The molecule has 194 valence electrons. The molecule has 0 spiro atoms. The molecule has 0 radical (unpaired) electrons. The van der Waals surface area contributed by atoms with Crippen LogP contribution < -0.4 is 4.74 Å². The lowest BCUT2D eigenvalue weighted by molar-refractivity contribution is -0.274. The molecule has 0 aliphatic carbocycles. The van der Waals surface area contributed by atoms with E-state index in [1.54, 1.807) is 18.2 Å². The molecule has 1 aliphatic heterocycles. The van der Waals surface area contributed by atoms with Crippen LogP contribution in [0, 0.1) is 11.7 Å². The maximum absolute atomic E-state index is 15.2. The number of halogens is 4. The largest absolute Gasteiger partial charge is 0.573 e. The lowest BCUT2D eigenvalue weighted by Crippen LogP contribution is -2.32. The molecule has 0 atom stereocenters. The summed E-state index contributed by atoms with van der Waals surface area (Å²) < 4.78 is 67.8. The van der Waals surface area contributed by atoms with Crippen molar-refractivity contribution < 1.29 is 31.8 Å². The molecule has 0 bridgehead atoms. The summed E-state index contributed by atoms with van der Waals surface area (Å²) in [5.74, 6) is -0.0355. The van der Waals surface area contributed by atoms with Crippen molar-refractivity contribution in [3.63, 3.8) is 0 Å². The van der Waals surface area contributed by atoms with Gasteiger partial charge in [0.15, 0.2) is 6.29 Å². The van der Waals surface area contributed by atoms with Gasteiger partial charge in [-0.25, -0.2) is 4.39 Å². The van der Waals surface area contributed by atoms with E-state index in [0.29, 0.717) is 29.7 Å². The topological polar surface area (TPSA) is 27.7 Å². The number of hydrogen-bond acceptors (Lipinski definition) is 3. The molecule has 3 nitrogen and oxygen atoms in total. The Bertz CT molecular complexity index is 1120. The molecule has 1 fully saturated rings. The molecule has 0 aromatic heterocycles. The minimum absolute atomic E-state index is 0.188. The van der Waals surface area contributed by atoms with Gasteiger partial charge in [-0.05, 0) is 59.9 Å². The minimum Gasteiger partial charge on any atom is -0.406 e. The van der Waals surface area contributed by atoms with Crippen molar-refractivity contribution in [3.05, 3.63) is 77.1 Å². The lowest BCUT2D eigenvalue weighted by atomic mass is 9.98. The summed E-state index contributed by atoms with van der Waals surface area (Å²) in [6.45, 7) is 3.69. The summed E-state index contributed by atoms with van der Waals surface area (Å²) in [6, 6.07) is 15.2. The summed E-state index contributed by atoms with van der Waals surface area (Å²) in [5.41, 5.74) is 2.49. The second-order valence-electron chi connectivity index (χ2n) is 9.43. The molecule has 1 aliphatic rings. The van der Waals surface area contributed by atoms with Crippen molar-refractivity contribution in [1.82, 2.24) is 0 Å². The smallest absolute Gasteiger partial charge is 0.406 e. The van der Waals surface area contributed by atoms with Crippen molar-refractivity contribution in [2.24, 2.45) is 5.92 Å². The zero-order valence-corrected chi connectivity index (χ0v) is 20.5. The van der Waals surface area contributed by atoms with Gasteiger partial charge in [-0.3, -0.25) is 0 Å². The first-order valence-corrected chi connectivity index (χ1v) is 12.6. The van der Waals surface area contributed by atoms with E-state index >= 15 is 4.39 Å². The number of rotatable bonds is 10. The van der Waals surface area contributed by atoms with Gasteiger partial charge in [-0.2, -0.15) is 0 Å². The van der Waals surface area contributed by atoms with Crippen molar-refractivity contribution in [3.8, 4) is 5.75 Å². The highest BCUT2D eigenvalue weighted by Crippen LogP contribution is 2.27. The quantitative estimate of drug-likeness (QED) is 0.264. The van der Waals surface area contributed by atoms with Gasteiger partial charge >= 0.3 is 6.36 Å². The lowest BCUT2D eigenvalue weighted by Gasteiger charge is -2.29. The summed E-state index contributed by atoms with van der Waals surface area (Å²) in [4.78, 5) is 0. The maximum atomic E-state index is 15.2. The molecule has 0 unspecified atom stereocenters. The summed E-state index contributed by atoms with van der Waals surface area (Å²) in [5, 5.41) is 1.40. The predicted molar refractivity (Wildman–Crippen MR) is 131 cm³/mol. The number of benzene rings is 3. The van der Waals surface area contributed by atoms with E-state index < -0.39 is 6.36 Å². The molecule has 0 saturated carbocycles. The van der Waals surface area contributed by atoms with E-state index in [4.69, 9.17) is 9.47 Å². The highest BCUT2D eigenvalue weighted by molar-refractivity contribution is 5.84. The summed E-state index contributed by atoms with van der Waals surface area (Å²) >= 11 is 0. The van der Waals surface area contributed by atoms with Gasteiger partial charge in [0.25, 0.3) is 0 Å². The molecular formula is C29H32F4O3. The van der Waals surface area contributed by atoms with Crippen LogP contribution in [0.4, 0.5) is 17.6 Å². The molecule has 3 aromatic carbocycles. The number of alkyl halides is 3. The van der Waals surface area contributed by atoms with Crippen LogP contribution in [0.15, 0.2) is 54.6 Å². The van der Waals surface area contributed by atoms with Gasteiger partial charge in [0.1, 0.15) is 11.6 Å². The SMILES string of the molecule is CCCCC1COC(CCc2ccc3c(F)c(CCc4ccc(OC(F)(F)F)cc4)ccc3c2)OC1. The summed E-state index contributed by atoms with van der Waals surface area (Å²) in [7, 11) is 0. The number of hydrogen-bond donors (Lipinski definition) is 0. The number of unbranched alkanes of at least 4 members (excludes halogenated alkanes) is 1. The molecule has 4 rings (SSSR count). The Hall–Kier alpha value is -2.64. The molecular weight excluding hydrogens is 472 g/mol. The highest BCUT2D eigenvalue weighted by Gasteiger charge is 2.31.